The number of piperidine rings is 1. The van der Waals surface area contributed by atoms with E-state index in [4.69, 9.17) is 4.42 Å². The fourth-order valence-corrected chi connectivity index (χ4v) is 4.31. The van der Waals surface area contributed by atoms with Crippen LogP contribution in [0.1, 0.15) is 35.9 Å². The quantitative estimate of drug-likeness (QED) is 0.355. The molecule has 1 fully saturated rings. The van der Waals surface area contributed by atoms with Gasteiger partial charge in [0.25, 0.3) is 11.8 Å². The van der Waals surface area contributed by atoms with E-state index < -0.39 is 5.92 Å². The van der Waals surface area contributed by atoms with Gasteiger partial charge in [0.15, 0.2) is 0 Å². The number of pyridine rings is 1. The Bertz CT molecular complexity index is 1290. The lowest BCUT2D eigenvalue weighted by Crippen LogP contribution is -2.42. The summed E-state index contributed by atoms with van der Waals surface area (Å²) in [4.78, 5) is 18.5. The van der Waals surface area contributed by atoms with Gasteiger partial charge in [0.05, 0.1) is 0 Å². The molecular formula is C27H24F2N2O2. The summed E-state index contributed by atoms with van der Waals surface area (Å²) < 4.78 is 32.9. The third kappa shape index (κ3) is 4.25. The summed E-state index contributed by atoms with van der Waals surface area (Å²) in [5, 5.41) is 1.01. The van der Waals surface area contributed by atoms with Crippen LogP contribution >= 0.6 is 0 Å². The average Bonchev–Trinajstić information content (AvgIpc) is 3.27. The number of nitrogens with zero attached hydrogens (tertiary/aromatic N) is 2. The topological polar surface area (TPSA) is 46.3 Å². The predicted octanol–water partition coefficient (Wildman–Crippen LogP) is 6.60. The van der Waals surface area contributed by atoms with Crippen LogP contribution in [-0.2, 0) is 6.42 Å². The molecule has 33 heavy (non-hydrogen) atoms. The van der Waals surface area contributed by atoms with E-state index in [0.29, 0.717) is 5.56 Å². The highest BCUT2D eigenvalue weighted by Crippen LogP contribution is 2.36. The van der Waals surface area contributed by atoms with Crippen LogP contribution in [0.15, 0.2) is 71.4 Å². The molecule has 2 aromatic heterocycles. The summed E-state index contributed by atoms with van der Waals surface area (Å²) in [5.74, 6) is -1.96. The van der Waals surface area contributed by atoms with Gasteiger partial charge in [-0.3, -0.25) is 9.78 Å². The maximum atomic E-state index is 13.4. The molecule has 3 heterocycles. The van der Waals surface area contributed by atoms with Gasteiger partial charge in [0, 0.05) is 66.8 Å². The zero-order valence-corrected chi connectivity index (χ0v) is 18.4. The first kappa shape index (κ1) is 21.3. The summed E-state index contributed by atoms with van der Waals surface area (Å²) in [6.45, 7) is 2.22. The fraction of sp³-hybridized carbons (Fsp3) is 0.259. The maximum Gasteiger partial charge on any atom is 0.253 e. The first-order chi connectivity index (χ1) is 15.9. The molecule has 1 saturated heterocycles. The monoisotopic (exact) mass is 446 g/mol. The molecule has 0 saturated carbocycles. The van der Waals surface area contributed by atoms with Crippen LogP contribution in [0.3, 0.4) is 0 Å². The Morgan fingerprint density at radius 1 is 1.03 bits per heavy atom. The first-order valence-electron chi connectivity index (χ1n) is 11.2. The second-order valence-electron chi connectivity index (χ2n) is 8.48. The zero-order chi connectivity index (χ0) is 23.0. The molecule has 0 atom stereocenters. The number of furan rings is 1. The highest BCUT2D eigenvalue weighted by molar-refractivity contribution is 5.98. The molecule has 0 spiro atoms. The van der Waals surface area contributed by atoms with E-state index in [0.717, 1.165) is 45.4 Å². The highest BCUT2D eigenvalue weighted by Gasteiger charge is 2.35. The van der Waals surface area contributed by atoms with Crippen molar-refractivity contribution in [3.63, 3.8) is 0 Å². The van der Waals surface area contributed by atoms with Crippen molar-refractivity contribution in [2.45, 2.75) is 32.1 Å². The number of aromatic nitrogens is 1. The standard InChI is InChI=1S/C27H24F2N2O2/c1-2-23-15-22-14-21(16-24(25(22)33-23)20-4-3-11-30-17-20)18-5-7-19(8-6-18)26(32)31-12-9-27(28,29)10-13-31/h3-8,11,14-17H,2,9-10,12-13H2,1H3. The molecule has 0 bridgehead atoms. The Morgan fingerprint density at radius 2 is 1.79 bits per heavy atom. The van der Waals surface area contributed by atoms with E-state index in [1.54, 1.807) is 18.3 Å². The van der Waals surface area contributed by atoms with Crippen LogP contribution in [0.4, 0.5) is 8.78 Å². The molecular weight excluding hydrogens is 422 g/mol. The van der Waals surface area contributed by atoms with Gasteiger partial charge in [-0.2, -0.15) is 0 Å². The summed E-state index contributed by atoms with van der Waals surface area (Å²) in [7, 11) is 0. The SMILES string of the molecule is CCc1cc2cc(-c3ccc(C(=O)N4CCC(F)(F)CC4)cc3)cc(-c3cccnc3)c2o1. The van der Waals surface area contributed by atoms with Gasteiger partial charge in [-0.1, -0.05) is 25.1 Å². The Kier molecular flexibility index (Phi) is 5.44. The van der Waals surface area contributed by atoms with Crippen molar-refractivity contribution >= 4 is 16.9 Å². The minimum Gasteiger partial charge on any atom is -0.460 e. The summed E-state index contributed by atoms with van der Waals surface area (Å²) in [6, 6.07) is 17.5. The number of hydrogen-bond donors (Lipinski definition) is 0. The van der Waals surface area contributed by atoms with Gasteiger partial charge >= 0.3 is 0 Å². The zero-order valence-electron chi connectivity index (χ0n) is 18.4. The van der Waals surface area contributed by atoms with Gasteiger partial charge in [-0.25, -0.2) is 8.78 Å². The highest BCUT2D eigenvalue weighted by atomic mass is 19.3. The molecule has 5 rings (SSSR count). The van der Waals surface area contributed by atoms with E-state index in [-0.39, 0.29) is 31.8 Å². The molecule has 1 aliphatic heterocycles. The molecule has 4 nitrogen and oxygen atoms in total. The van der Waals surface area contributed by atoms with Gasteiger partial charge in [0.1, 0.15) is 11.3 Å². The molecule has 1 aliphatic rings. The van der Waals surface area contributed by atoms with Crippen LogP contribution in [-0.4, -0.2) is 34.8 Å². The number of rotatable bonds is 4. The Labute approximate surface area is 190 Å². The molecule has 2 aromatic carbocycles. The number of aryl methyl sites for hydroxylation is 1. The van der Waals surface area contributed by atoms with Crippen LogP contribution in [0, 0.1) is 0 Å². The van der Waals surface area contributed by atoms with Crippen molar-refractivity contribution in [3.8, 4) is 22.3 Å². The van der Waals surface area contributed by atoms with Gasteiger partial charge < -0.3 is 9.32 Å². The maximum absolute atomic E-state index is 13.4. The van der Waals surface area contributed by atoms with Gasteiger partial charge in [-0.15, -0.1) is 0 Å². The third-order valence-electron chi connectivity index (χ3n) is 6.24. The van der Waals surface area contributed by atoms with E-state index in [9.17, 15) is 13.6 Å². The number of halogens is 2. The number of likely N-dealkylation sites (tertiary alicyclic amines) is 1. The van der Waals surface area contributed by atoms with Crippen LogP contribution in [0.2, 0.25) is 0 Å². The number of fused-ring (bicyclic) bond motifs is 1. The smallest absolute Gasteiger partial charge is 0.253 e. The third-order valence-corrected chi connectivity index (χ3v) is 6.24. The Hall–Kier alpha value is -3.54. The molecule has 1 amide bonds. The van der Waals surface area contributed by atoms with Crippen LogP contribution < -0.4 is 0 Å². The van der Waals surface area contributed by atoms with Crippen molar-refractivity contribution in [2.75, 3.05) is 13.1 Å². The lowest BCUT2D eigenvalue weighted by atomic mass is 9.96. The number of benzene rings is 2. The molecule has 0 aliphatic carbocycles. The minimum atomic E-state index is -2.67. The van der Waals surface area contributed by atoms with E-state index >= 15 is 0 Å². The molecule has 0 N–H and O–H groups in total. The Balaban J connectivity index is 1.47. The molecule has 6 heteroatoms. The van der Waals surface area contributed by atoms with E-state index in [1.807, 2.05) is 30.5 Å². The first-order valence-corrected chi connectivity index (χ1v) is 11.2. The van der Waals surface area contributed by atoms with Crippen LogP contribution in [0.25, 0.3) is 33.2 Å². The second-order valence-corrected chi connectivity index (χ2v) is 8.48. The molecule has 168 valence electrons. The Morgan fingerprint density at radius 3 is 2.45 bits per heavy atom. The number of carbonyl (C=O) groups excluding carboxylic acids is 1. The summed E-state index contributed by atoms with van der Waals surface area (Å²) >= 11 is 0. The molecule has 0 radical (unpaired) electrons. The minimum absolute atomic E-state index is 0.0823. The van der Waals surface area contributed by atoms with Crippen molar-refractivity contribution in [2.24, 2.45) is 0 Å². The number of amides is 1. The molecule has 0 unspecified atom stereocenters. The summed E-state index contributed by atoms with van der Waals surface area (Å²) in [5.41, 5.74) is 5.23. The largest absolute Gasteiger partial charge is 0.460 e. The normalized spacial score (nSPS) is 15.7. The van der Waals surface area contributed by atoms with E-state index in [2.05, 4.69) is 30.1 Å². The van der Waals surface area contributed by atoms with Crippen molar-refractivity contribution in [1.82, 2.24) is 9.88 Å². The van der Waals surface area contributed by atoms with E-state index in [1.165, 1.54) is 4.90 Å². The predicted molar refractivity (Wildman–Crippen MR) is 124 cm³/mol. The van der Waals surface area contributed by atoms with Crippen molar-refractivity contribution < 1.29 is 18.0 Å². The fourth-order valence-electron chi connectivity index (χ4n) is 4.31. The number of hydrogen-bond acceptors (Lipinski definition) is 3. The molecule has 4 aromatic rings. The lowest BCUT2D eigenvalue weighted by Gasteiger charge is -2.31. The van der Waals surface area contributed by atoms with Gasteiger partial charge in [0.2, 0.25) is 0 Å². The second kappa shape index (κ2) is 8.43. The van der Waals surface area contributed by atoms with Gasteiger partial charge in [-0.05, 0) is 47.5 Å². The summed E-state index contributed by atoms with van der Waals surface area (Å²) in [6.07, 6.45) is 3.80. The number of alkyl halides is 2. The van der Waals surface area contributed by atoms with Crippen molar-refractivity contribution in [1.29, 1.82) is 0 Å². The van der Waals surface area contributed by atoms with Crippen molar-refractivity contribution in [3.05, 3.63) is 78.3 Å². The average molecular weight is 446 g/mol. The van der Waals surface area contributed by atoms with Crippen LogP contribution in [0.5, 0.6) is 0 Å². The number of carbonyl (C=O) groups is 1. The lowest BCUT2D eigenvalue weighted by molar-refractivity contribution is -0.0494.